The Morgan fingerprint density at radius 1 is 1.29 bits per heavy atom. The van der Waals surface area contributed by atoms with Gasteiger partial charge < -0.3 is 10.6 Å². The van der Waals surface area contributed by atoms with Crippen LogP contribution in [0.5, 0.6) is 0 Å². The molecule has 1 aromatic rings. The summed E-state index contributed by atoms with van der Waals surface area (Å²) < 4.78 is 0. The molecular weight excluding hydrogens is 256 g/mol. The number of benzene rings is 1. The first-order valence-electron chi connectivity index (χ1n) is 8.72. The predicted molar refractivity (Wildman–Crippen MR) is 90.7 cm³/mol. The highest BCUT2D eigenvalue weighted by atomic mass is 15.2. The van der Waals surface area contributed by atoms with E-state index in [2.05, 4.69) is 43.0 Å². The van der Waals surface area contributed by atoms with Crippen molar-refractivity contribution >= 4 is 5.69 Å². The summed E-state index contributed by atoms with van der Waals surface area (Å²) in [4.78, 5) is 2.68. The van der Waals surface area contributed by atoms with Gasteiger partial charge in [0.2, 0.25) is 0 Å². The molecule has 2 aliphatic rings. The van der Waals surface area contributed by atoms with E-state index in [1.807, 2.05) is 0 Å². The van der Waals surface area contributed by atoms with Gasteiger partial charge in [-0.25, -0.2) is 0 Å². The van der Waals surface area contributed by atoms with Crippen LogP contribution in [0.3, 0.4) is 0 Å². The highest BCUT2D eigenvalue weighted by Crippen LogP contribution is 2.43. The van der Waals surface area contributed by atoms with E-state index in [0.717, 1.165) is 18.4 Å². The average molecular weight is 286 g/mol. The maximum atomic E-state index is 6.35. The number of hydrogen-bond acceptors (Lipinski definition) is 2. The molecule has 2 atom stereocenters. The summed E-state index contributed by atoms with van der Waals surface area (Å²) in [6.45, 7) is 6.73. The second kappa shape index (κ2) is 6.00. The minimum absolute atomic E-state index is 0.198. The van der Waals surface area contributed by atoms with E-state index < -0.39 is 0 Å². The van der Waals surface area contributed by atoms with Gasteiger partial charge >= 0.3 is 0 Å². The quantitative estimate of drug-likeness (QED) is 0.910. The zero-order chi connectivity index (χ0) is 14.9. The van der Waals surface area contributed by atoms with E-state index in [4.69, 9.17) is 5.73 Å². The normalized spacial score (nSPS) is 29.5. The van der Waals surface area contributed by atoms with Gasteiger partial charge in [0.1, 0.15) is 0 Å². The van der Waals surface area contributed by atoms with E-state index in [1.54, 1.807) is 0 Å². The van der Waals surface area contributed by atoms with E-state index in [1.165, 1.54) is 56.3 Å². The van der Waals surface area contributed by atoms with Crippen molar-refractivity contribution in [3.05, 3.63) is 29.8 Å². The second-order valence-electron chi connectivity index (χ2n) is 7.41. The molecule has 1 saturated carbocycles. The van der Waals surface area contributed by atoms with Crippen LogP contribution >= 0.6 is 0 Å². The van der Waals surface area contributed by atoms with Gasteiger partial charge in [0.05, 0.1) is 5.54 Å². The predicted octanol–water partition coefficient (Wildman–Crippen LogP) is 3.98. The van der Waals surface area contributed by atoms with Gasteiger partial charge in [-0.2, -0.15) is 0 Å². The third-order valence-electron chi connectivity index (χ3n) is 5.86. The summed E-state index contributed by atoms with van der Waals surface area (Å²) in [6, 6.07) is 8.97. The molecule has 116 valence electrons. The Labute approximate surface area is 129 Å². The van der Waals surface area contributed by atoms with Crippen LogP contribution in [0.2, 0.25) is 0 Å². The maximum Gasteiger partial charge on any atom is 0.0527 e. The van der Waals surface area contributed by atoms with Gasteiger partial charge in [-0.1, -0.05) is 44.9 Å². The van der Waals surface area contributed by atoms with Gasteiger partial charge in [-0.05, 0) is 49.1 Å². The average Bonchev–Trinajstić information content (AvgIpc) is 2.54. The van der Waals surface area contributed by atoms with Gasteiger partial charge in [-0.3, -0.25) is 0 Å². The molecule has 1 aliphatic heterocycles. The van der Waals surface area contributed by atoms with Crippen molar-refractivity contribution < 1.29 is 0 Å². The van der Waals surface area contributed by atoms with E-state index in [0.29, 0.717) is 0 Å². The smallest absolute Gasteiger partial charge is 0.0527 e. The molecule has 2 nitrogen and oxygen atoms in total. The molecule has 1 aromatic carbocycles. The first kappa shape index (κ1) is 14.9. The molecular formula is C19H30N2. The fourth-order valence-electron chi connectivity index (χ4n) is 4.52. The lowest BCUT2D eigenvalue weighted by atomic mass is 9.70. The Balaban J connectivity index is 1.93. The van der Waals surface area contributed by atoms with Crippen LogP contribution in [-0.2, 0) is 6.42 Å². The first-order valence-corrected chi connectivity index (χ1v) is 8.72. The molecule has 0 radical (unpaired) electrons. The molecule has 3 rings (SSSR count). The van der Waals surface area contributed by atoms with E-state index >= 15 is 0 Å². The summed E-state index contributed by atoms with van der Waals surface area (Å²) >= 11 is 0. The number of nitrogens with zero attached hydrogens (tertiary/aromatic N) is 1. The molecule has 1 aliphatic carbocycles. The Hall–Kier alpha value is -1.02. The molecule has 1 heterocycles. The summed E-state index contributed by atoms with van der Waals surface area (Å²) in [5, 5.41) is 0. The number of hydrogen-bond donors (Lipinski definition) is 1. The van der Waals surface area contributed by atoms with Crippen molar-refractivity contribution in [1.82, 2.24) is 0 Å². The molecule has 0 saturated heterocycles. The summed E-state index contributed by atoms with van der Waals surface area (Å²) in [5.74, 6) is 1.60. The molecule has 0 amide bonds. The van der Waals surface area contributed by atoms with Crippen molar-refractivity contribution in [3.63, 3.8) is 0 Å². The Kier molecular flexibility index (Phi) is 4.26. The molecule has 0 spiro atoms. The molecule has 2 unspecified atom stereocenters. The standard InChI is InChI=1S/C19H30N2/c1-15(2)17-8-5-11-19(13-17,14-20)21-12-6-9-16-7-3-4-10-18(16)21/h3-4,7,10,15,17H,5-6,8-9,11-14,20H2,1-2H3. The minimum atomic E-state index is 0.198. The van der Waals surface area contributed by atoms with Crippen LogP contribution in [-0.4, -0.2) is 18.6 Å². The van der Waals surface area contributed by atoms with Crippen LogP contribution in [0.4, 0.5) is 5.69 Å². The molecule has 0 aromatic heterocycles. The lowest BCUT2D eigenvalue weighted by Crippen LogP contribution is -2.58. The number of aryl methyl sites for hydroxylation is 1. The Morgan fingerprint density at radius 2 is 2.10 bits per heavy atom. The van der Waals surface area contributed by atoms with Crippen molar-refractivity contribution in [3.8, 4) is 0 Å². The lowest BCUT2D eigenvalue weighted by molar-refractivity contribution is 0.176. The zero-order valence-corrected chi connectivity index (χ0v) is 13.6. The number of rotatable bonds is 3. The summed E-state index contributed by atoms with van der Waals surface area (Å²) in [6.07, 6.45) is 7.75. The highest BCUT2D eigenvalue weighted by Gasteiger charge is 2.42. The third-order valence-corrected chi connectivity index (χ3v) is 5.86. The topological polar surface area (TPSA) is 29.3 Å². The van der Waals surface area contributed by atoms with Gasteiger partial charge in [0.25, 0.3) is 0 Å². The zero-order valence-electron chi connectivity index (χ0n) is 13.6. The SMILES string of the molecule is CC(C)C1CCCC(CN)(N2CCCc3ccccc32)C1. The molecule has 2 N–H and O–H groups in total. The first-order chi connectivity index (χ1) is 10.2. The Bertz CT molecular complexity index is 482. The number of anilines is 1. The molecule has 2 heteroatoms. The number of nitrogens with two attached hydrogens (primary N) is 1. The van der Waals surface area contributed by atoms with E-state index in [-0.39, 0.29) is 5.54 Å². The summed E-state index contributed by atoms with van der Waals surface area (Å²) in [7, 11) is 0. The molecule has 21 heavy (non-hydrogen) atoms. The van der Waals surface area contributed by atoms with Crippen molar-refractivity contribution in [2.24, 2.45) is 17.6 Å². The Morgan fingerprint density at radius 3 is 2.86 bits per heavy atom. The largest absolute Gasteiger partial charge is 0.364 e. The molecule has 0 bridgehead atoms. The van der Waals surface area contributed by atoms with Crippen LogP contribution in [0.25, 0.3) is 0 Å². The van der Waals surface area contributed by atoms with Crippen LogP contribution in [0.1, 0.15) is 51.5 Å². The number of para-hydroxylation sites is 1. The fraction of sp³-hybridized carbons (Fsp3) is 0.684. The number of fused-ring (bicyclic) bond motifs is 1. The maximum absolute atomic E-state index is 6.35. The van der Waals surface area contributed by atoms with E-state index in [9.17, 15) is 0 Å². The monoisotopic (exact) mass is 286 g/mol. The van der Waals surface area contributed by atoms with Crippen molar-refractivity contribution in [2.75, 3.05) is 18.0 Å². The molecule has 1 fully saturated rings. The van der Waals surface area contributed by atoms with Crippen LogP contribution < -0.4 is 10.6 Å². The summed E-state index contributed by atoms with van der Waals surface area (Å²) in [5.41, 5.74) is 9.52. The van der Waals surface area contributed by atoms with Gasteiger partial charge in [-0.15, -0.1) is 0 Å². The van der Waals surface area contributed by atoms with Crippen molar-refractivity contribution in [1.29, 1.82) is 0 Å². The third kappa shape index (κ3) is 2.70. The van der Waals surface area contributed by atoms with Crippen LogP contribution in [0, 0.1) is 11.8 Å². The minimum Gasteiger partial charge on any atom is -0.364 e. The van der Waals surface area contributed by atoms with Gasteiger partial charge in [0, 0.05) is 18.8 Å². The van der Waals surface area contributed by atoms with Crippen molar-refractivity contribution in [2.45, 2.75) is 57.9 Å². The lowest BCUT2D eigenvalue weighted by Gasteiger charge is -2.52. The van der Waals surface area contributed by atoms with Crippen LogP contribution in [0.15, 0.2) is 24.3 Å². The highest BCUT2D eigenvalue weighted by molar-refractivity contribution is 5.57. The fourth-order valence-corrected chi connectivity index (χ4v) is 4.52. The van der Waals surface area contributed by atoms with Gasteiger partial charge in [0.15, 0.2) is 0 Å². The second-order valence-corrected chi connectivity index (χ2v) is 7.41.